The van der Waals surface area contributed by atoms with E-state index in [1.54, 1.807) is 28.0 Å². The number of ketones is 1. The first-order valence-corrected chi connectivity index (χ1v) is 18.8. The smallest absolute Gasteiger partial charge is 0.315 e. The third-order valence-electron chi connectivity index (χ3n) is 9.94. The molecular weight excluding hydrogens is 681 g/mol. The van der Waals surface area contributed by atoms with Crippen molar-refractivity contribution in [2.45, 2.75) is 106 Å². The Kier molecular flexibility index (Phi) is 16.9. The Morgan fingerprint density at radius 1 is 0.981 bits per heavy atom. The van der Waals surface area contributed by atoms with E-state index in [0.717, 1.165) is 19.1 Å². The Morgan fingerprint density at radius 2 is 1.55 bits per heavy atom. The minimum Gasteiger partial charge on any atom is -0.366 e. The number of piperazine rings is 1. The Labute approximate surface area is 315 Å². The summed E-state index contributed by atoms with van der Waals surface area (Å²) in [7, 11) is 0. The highest BCUT2D eigenvalue weighted by Crippen LogP contribution is 2.41. The van der Waals surface area contributed by atoms with Crippen LogP contribution in [0.1, 0.15) is 88.0 Å². The fourth-order valence-corrected chi connectivity index (χ4v) is 6.69. The standard InChI is InChI=1S/C29H44FN5O4.C7H12N2O2.C3H8/c1-19-20(28(2,3)4)17-35(23(19)18-36)26(38)25(29(5,6)7)32-27(39)31-16-24(37)34-14-12-33(13-15-34)22-11-9-8-10-21(22)30;8-5(3-4-1-2-4)6(10)7(9)11;1-3-2/h8-11,18-20,23,25H,12-17H2,1-7H3,(H2,31,32,39);4-5H,1-3,8H2,(H2,9,11);3H2,1-2H3. The second-order valence-electron chi connectivity index (χ2n) is 16.6. The summed E-state index contributed by atoms with van der Waals surface area (Å²) in [6, 6.07) is 3.82. The van der Waals surface area contributed by atoms with Crippen LogP contribution in [0.4, 0.5) is 14.9 Å². The van der Waals surface area contributed by atoms with E-state index < -0.39 is 41.3 Å². The van der Waals surface area contributed by atoms with Crippen molar-refractivity contribution in [2.75, 3.05) is 44.2 Å². The average Bonchev–Trinajstić information content (AvgIpc) is 3.83. The number of Topliss-reactive ketones (excluding diaryl/α,β-unsaturated/α-hetero) is 1. The summed E-state index contributed by atoms with van der Waals surface area (Å²) in [5.74, 6) is -1.72. The number of nitrogens with one attached hydrogen (secondary N) is 2. The Bertz CT molecular complexity index is 1420. The van der Waals surface area contributed by atoms with Gasteiger partial charge in [0.25, 0.3) is 5.91 Å². The lowest BCUT2D eigenvalue weighted by Gasteiger charge is -2.36. The van der Waals surface area contributed by atoms with Crippen LogP contribution < -0.4 is 27.0 Å². The molecule has 4 rings (SSSR count). The highest BCUT2D eigenvalue weighted by Gasteiger charge is 2.48. The molecule has 298 valence electrons. The molecular formula is C39H64FN7O6. The van der Waals surface area contributed by atoms with E-state index in [4.69, 9.17) is 11.5 Å². The van der Waals surface area contributed by atoms with Crippen LogP contribution in [0.5, 0.6) is 0 Å². The Morgan fingerprint density at radius 3 is 2.02 bits per heavy atom. The number of benzene rings is 1. The number of aldehydes is 1. The van der Waals surface area contributed by atoms with Crippen molar-refractivity contribution in [1.29, 1.82) is 0 Å². The summed E-state index contributed by atoms with van der Waals surface area (Å²) in [6.45, 7) is 20.1. The van der Waals surface area contributed by atoms with E-state index in [0.29, 0.717) is 50.7 Å². The number of nitrogens with zero attached hydrogens (tertiary/aromatic N) is 3. The largest absolute Gasteiger partial charge is 0.366 e. The van der Waals surface area contributed by atoms with Crippen molar-refractivity contribution in [3.05, 3.63) is 30.1 Å². The number of hydrogen-bond donors (Lipinski definition) is 4. The van der Waals surface area contributed by atoms with Crippen LogP contribution in [0, 0.1) is 34.4 Å². The molecule has 5 atom stereocenters. The molecule has 3 aliphatic rings. The number of urea groups is 1. The molecule has 1 aromatic rings. The van der Waals surface area contributed by atoms with Gasteiger partial charge < -0.3 is 41.6 Å². The van der Waals surface area contributed by atoms with Gasteiger partial charge in [0.05, 0.1) is 24.3 Å². The number of carbonyl (C=O) groups excluding carboxylic acids is 6. The summed E-state index contributed by atoms with van der Waals surface area (Å²) in [6.07, 6.45) is 4.94. The van der Waals surface area contributed by atoms with Crippen molar-refractivity contribution in [3.8, 4) is 0 Å². The third kappa shape index (κ3) is 13.4. The number of nitrogens with two attached hydrogens (primary N) is 2. The van der Waals surface area contributed by atoms with E-state index >= 15 is 0 Å². The average molecular weight is 746 g/mol. The van der Waals surface area contributed by atoms with Crippen molar-refractivity contribution in [2.24, 2.45) is 40.1 Å². The Hall–Kier alpha value is -4.07. The lowest BCUT2D eigenvalue weighted by atomic mass is 9.74. The third-order valence-corrected chi connectivity index (χ3v) is 9.94. The fraction of sp³-hybridized carbons (Fsp3) is 0.692. The van der Waals surface area contributed by atoms with Crippen LogP contribution in [0.25, 0.3) is 0 Å². The molecule has 13 nitrogen and oxygen atoms in total. The highest BCUT2D eigenvalue weighted by atomic mass is 19.1. The summed E-state index contributed by atoms with van der Waals surface area (Å²) in [5.41, 5.74) is 9.97. The molecule has 1 aliphatic carbocycles. The molecule has 1 saturated carbocycles. The summed E-state index contributed by atoms with van der Waals surface area (Å²) < 4.78 is 14.1. The van der Waals surface area contributed by atoms with Gasteiger partial charge in [0.15, 0.2) is 0 Å². The molecule has 5 amide bonds. The molecule has 6 N–H and O–H groups in total. The number of likely N-dealkylation sites (tertiary alicyclic amines) is 1. The van der Waals surface area contributed by atoms with Gasteiger partial charge in [0.2, 0.25) is 17.6 Å². The molecule has 2 heterocycles. The molecule has 53 heavy (non-hydrogen) atoms. The first-order chi connectivity index (χ1) is 24.7. The van der Waals surface area contributed by atoms with Crippen molar-refractivity contribution >= 4 is 41.5 Å². The lowest BCUT2D eigenvalue weighted by Crippen LogP contribution is -2.59. The number of carbonyl (C=O) groups is 6. The maximum Gasteiger partial charge on any atom is 0.315 e. The zero-order valence-corrected chi connectivity index (χ0v) is 33.2. The van der Waals surface area contributed by atoms with Crippen LogP contribution in [0.2, 0.25) is 0 Å². The second-order valence-corrected chi connectivity index (χ2v) is 16.6. The summed E-state index contributed by atoms with van der Waals surface area (Å²) >= 11 is 0. The highest BCUT2D eigenvalue weighted by molar-refractivity contribution is 6.37. The fourth-order valence-electron chi connectivity index (χ4n) is 6.69. The predicted molar refractivity (Wildman–Crippen MR) is 204 cm³/mol. The SMILES string of the molecule is CC1C(C=O)N(C(=O)C(NC(=O)NCC(=O)N2CCN(c3ccccc3F)CC2)C(C)(C)C)CC1C(C)(C)C.CCC.NC(=O)C(=O)C(N)CC1CC1. The maximum absolute atomic E-state index is 14.1. The minimum absolute atomic E-state index is 0.00244. The maximum atomic E-state index is 14.1. The first-order valence-electron chi connectivity index (χ1n) is 18.8. The zero-order valence-electron chi connectivity index (χ0n) is 33.2. The number of anilines is 1. The van der Waals surface area contributed by atoms with Crippen molar-refractivity contribution in [1.82, 2.24) is 20.4 Å². The van der Waals surface area contributed by atoms with Gasteiger partial charge in [-0.3, -0.25) is 19.2 Å². The van der Waals surface area contributed by atoms with Gasteiger partial charge >= 0.3 is 6.03 Å². The monoisotopic (exact) mass is 745 g/mol. The van der Waals surface area contributed by atoms with Crippen LogP contribution >= 0.6 is 0 Å². The number of rotatable bonds is 10. The van der Waals surface area contributed by atoms with Crippen LogP contribution in [0.15, 0.2) is 24.3 Å². The number of primary amides is 1. The topological polar surface area (TPSA) is 188 Å². The van der Waals surface area contributed by atoms with E-state index in [1.165, 1.54) is 12.5 Å². The van der Waals surface area contributed by atoms with E-state index in [-0.39, 0.29) is 41.4 Å². The van der Waals surface area contributed by atoms with Crippen LogP contribution in [-0.2, 0) is 24.0 Å². The molecule has 0 spiro atoms. The number of hydrogen-bond acceptors (Lipinski definition) is 8. The van der Waals surface area contributed by atoms with Gasteiger partial charge in [0.1, 0.15) is 18.1 Å². The number of amides is 5. The predicted octanol–water partition coefficient (Wildman–Crippen LogP) is 3.48. The molecule has 5 unspecified atom stereocenters. The molecule has 0 bridgehead atoms. The lowest BCUT2D eigenvalue weighted by molar-refractivity contribution is -0.139. The second kappa shape index (κ2) is 19.8. The first kappa shape index (κ1) is 45.1. The van der Waals surface area contributed by atoms with E-state index in [1.807, 2.05) is 32.6 Å². The van der Waals surface area contributed by atoms with Gasteiger partial charge in [-0.1, -0.05) is 93.7 Å². The summed E-state index contributed by atoms with van der Waals surface area (Å²) in [5, 5.41) is 5.35. The molecule has 14 heteroatoms. The zero-order chi connectivity index (χ0) is 40.3. The molecule has 3 fully saturated rings. The molecule has 1 aromatic carbocycles. The number of para-hydroxylation sites is 1. The minimum atomic E-state index is -0.918. The van der Waals surface area contributed by atoms with Gasteiger partial charge in [0, 0.05) is 32.7 Å². The van der Waals surface area contributed by atoms with Crippen molar-refractivity contribution in [3.63, 3.8) is 0 Å². The van der Waals surface area contributed by atoms with Crippen molar-refractivity contribution < 1.29 is 33.2 Å². The Balaban J connectivity index is 0.000000581. The molecule has 0 aromatic heterocycles. The van der Waals surface area contributed by atoms with Gasteiger partial charge in [-0.05, 0) is 47.1 Å². The van der Waals surface area contributed by atoms with Crippen LogP contribution in [0.3, 0.4) is 0 Å². The molecule has 2 aliphatic heterocycles. The quantitative estimate of drug-likeness (QED) is 0.207. The number of halogens is 1. The van der Waals surface area contributed by atoms with Crippen LogP contribution in [-0.4, -0.2) is 103 Å². The van der Waals surface area contributed by atoms with Gasteiger partial charge in [-0.2, -0.15) is 0 Å². The van der Waals surface area contributed by atoms with Gasteiger partial charge in [-0.15, -0.1) is 0 Å². The molecule has 2 saturated heterocycles. The van der Waals surface area contributed by atoms with E-state index in [9.17, 15) is 33.2 Å². The van der Waals surface area contributed by atoms with E-state index in [2.05, 4.69) is 45.3 Å². The summed E-state index contributed by atoms with van der Waals surface area (Å²) in [4.78, 5) is 77.6. The normalized spacial score (nSPS) is 21.2. The molecule has 0 radical (unpaired) electrons. The van der Waals surface area contributed by atoms with Gasteiger partial charge in [-0.25, -0.2) is 9.18 Å².